The van der Waals surface area contributed by atoms with Crippen LogP contribution < -0.4 is 15.6 Å². The number of nitrogens with one attached hydrogen (secondary N) is 2. The number of alkyl halides is 3. The molecule has 0 aliphatic carbocycles. The number of benzene rings is 1. The van der Waals surface area contributed by atoms with E-state index in [0.29, 0.717) is 19.1 Å². The van der Waals surface area contributed by atoms with Crippen molar-refractivity contribution in [2.45, 2.75) is 58.0 Å². The van der Waals surface area contributed by atoms with Crippen LogP contribution in [0, 0.1) is 5.92 Å². The van der Waals surface area contributed by atoms with Crippen LogP contribution >= 0.6 is 0 Å². The summed E-state index contributed by atoms with van der Waals surface area (Å²) < 4.78 is 45.5. The zero-order chi connectivity index (χ0) is 23.9. The van der Waals surface area contributed by atoms with Crippen molar-refractivity contribution in [3.8, 4) is 5.75 Å². The maximum absolute atomic E-state index is 12.4. The predicted octanol–water partition coefficient (Wildman–Crippen LogP) is 2.79. The van der Waals surface area contributed by atoms with Crippen molar-refractivity contribution in [2.75, 3.05) is 13.1 Å². The number of hydrogen-bond donors (Lipinski definition) is 2. The topological polar surface area (TPSA) is 97.0 Å². The molecule has 2 amide bonds. The fraction of sp³-hybridized carbons (Fsp3) is 0.571. The van der Waals surface area contributed by atoms with E-state index in [2.05, 4.69) is 25.2 Å². The van der Waals surface area contributed by atoms with E-state index in [1.165, 1.54) is 18.2 Å². The van der Waals surface area contributed by atoms with Crippen LogP contribution in [0.25, 0.3) is 0 Å². The lowest BCUT2D eigenvalue weighted by Crippen LogP contribution is -2.45. The van der Waals surface area contributed by atoms with Gasteiger partial charge in [-0.1, -0.05) is 12.1 Å². The van der Waals surface area contributed by atoms with Crippen molar-refractivity contribution in [1.82, 2.24) is 15.8 Å². The van der Waals surface area contributed by atoms with E-state index in [1.54, 1.807) is 0 Å². The number of halogens is 3. The Balaban J connectivity index is 0.000000451. The van der Waals surface area contributed by atoms with Gasteiger partial charge in [-0.05, 0) is 58.7 Å². The highest BCUT2D eigenvalue weighted by atomic mass is 19.4. The van der Waals surface area contributed by atoms with Crippen molar-refractivity contribution in [1.29, 1.82) is 0 Å². The summed E-state index contributed by atoms with van der Waals surface area (Å²) in [6, 6.07) is 5.37. The van der Waals surface area contributed by atoms with Gasteiger partial charge in [-0.2, -0.15) is 0 Å². The summed E-state index contributed by atoms with van der Waals surface area (Å²) in [7, 11) is 0. The van der Waals surface area contributed by atoms with Crippen LogP contribution in [-0.4, -0.2) is 54.3 Å². The van der Waals surface area contributed by atoms with Crippen LogP contribution in [0.3, 0.4) is 0 Å². The highest BCUT2D eigenvalue weighted by Gasteiger charge is 2.38. The number of hydrazine groups is 1. The molecule has 0 spiro atoms. The number of para-hydroxylation sites is 1. The average molecular weight is 459 g/mol. The van der Waals surface area contributed by atoms with Gasteiger partial charge in [-0.15, -0.1) is 13.2 Å². The van der Waals surface area contributed by atoms with Gasteiger partial charge in [-0.3, -0.25) is 30.1 Å². The maximum Gasteiger partial charge on any atom is 0.573 e. The molecule has 1 aromatic carbocycles. The van der Waals surface area contributed by atoms with E-state index < -0.39 is 18.0 Å². The zero-order valence-corrected chi connectivity index (χ0v) is 18.2. The van der Waals surface area contributed by atoms with Crippen LogP contribution in [0.15, 0.2) is 24.3 Å². The van der Waals surface area contributed by atoms with Gasteiger partial charge >= 0.3 is 6.36 Å². The van der Waals surface area contributed by atoms with E-state index in [-0.39, 0.29) is 23.0 Å². The third kappa shape index (κ3) is 8.03. The van der Waals surface area contributed by atoms with Crippen molar-refractivity contribution >= 4 is 18.3 Å². The summed E-state index contributed by atoms with van der Waals surface area (Å²) >= 11 is 0. The molecule has 0 aromatic heterocycles. The Hall–Kier alpha value is -2.82. The molecular weight excluding hydrogens is 431 g/mol. The van der Waals surface area contributed by atoms with E-state index >= 15 is 0 Å². The van der Waals surface area contributed by atoms with Gasteiger partial charge < -0.3 is 9.47 Å². The third-order valence-corrected chi connectivity index (χ3v) is 4.94. The van der Waals surface area contributed by atoms with Gasteiger partial charge in [0.2, 0.25) is 5.91 Å². The minimum Gasteiger partial charge on any atom is -0.462 e. The number of hydrogen-bond acceptors (Lipinski definition) is 6. The zero-order valence-electron chi connectivity index (χ0n) is 18.2. The fourth-order valence-electron chi connectivity index (χ4n) is 3.58. The smallest absolute Gasteiger partial charge is 0.462 e. The largest absolute Gasteiger partial charge is 0.573 e. The Morgan fingerprint density at radius 2 is 1.84 bits per heavy atom. The SMILES string of the molecule is CC(C)(C)OC=O.O=C(NNC(=O)C1CC2CCCN2C1)c1ccccc1OC(F)(F)F. The molecule has 2 aliphatic rings. The Morgan fingerprint density at radius 3 is 2.41 bits per heavy atom. The Kier molecular flexibility index (Phi) is 8.48. The third-order valence-electron chi connectivity index (χ3n) is 4.94. The molecule has 2 aliphatic heterocycles. The lowest BCUT2D eigenvalue weighted by molar-refractivity contribution is -0.274. The summed E-state index contributed by atoms with van der Waals surface area (Å²) in [5.74, 6) is -2.06. The minimum absolute atomic E-state index is 0.229. The van der Waals surface area contributed by atoms with Gasteiger partial charge in [0.05, 0.1) is 11.5 Å². The minimum atomic E-state index is -4.91. The predicted molar refractivity (Wildman–Crippen MR) is 108 cm³/mol. The van der Waals surface area contributed by atoms with Gasteiger partial charge in [0.1, 0.15) is 11.4 Å². The second-order valence-corrected chi connectivity index (χ2v) is 8.54. The molecule has 2 atom stereocenters. The van der Waals surface area contributed by atoms with Gasteiger partial charge in [0, 0.05) is 12.6 Å². The van der Waals surface area contributed by atoms with Crippen LogP contribution in [0.4, 0.5) is 13.2 Å². The van der Waals surface area contributed by atoms with Gasteiger partial charge in [0.25, 0.3) is 12.4 Å². The van der Waals surface area contributed by atoms with Crippen molar-refractivity contribution < 1.29 is 37.0 Å². The van der Waals surface area contributed by atoms with Gasteiger partial charge in [0.15, 0.2) is 0 Å². The summed E-state index contributed by atoms with van der Waals surface area (Å²) in [5, 5.41) is 0. The summed E-state index contributed by atoms with van der Waals surface area (Å²) in [5.41, 5.74) is 3.83. The number of rotatable bonds is 4. The maximum atomic E-state index is 12.4. The molecule has 2 N–H and O–H groups in total. The average Bonchev–Trinajstić information content (AvgIpc) is 3.26. The van der Waals surface area contributed by atoms with Crippen molar-refractivity contribution in [3.63, 3.8) is 0 Å². The molecule has 11 heteroatoms. The summed E-state index contributed by atoms with van der Waals surface area (Å²) in [6.07, 6.45) is -1.98. The molecule has 0 radical (unpaired) electrons. The van der Waals surface area contributed by atoms with E-state index in [9.17, 15) is 27.6 Å². The molecule has 3 rings (SSSR count). The lowest BCUT2D eigenvalue weighted by atomic mass is 10.0. The van der Waals surface area contributed by atoms with E-state index in [1.807, 2.05) is 20.8 Å². The molecule has 1 aromatic rings. The van der Waals surface area contributed by atoms with Crippen LogP contribution in [0.1, 0.15) is 50.4 Å². The first kappa shape index (κ1) is 25.4. The molecule has 0 bridgehead atoms. The normalized spacial score (nSPS) is 20.4. The Morgan fingerprint density at radius 1 is 1.16 bits per heavy atom. The number of fused-ring (bicyclic) bond motifs is 1. The molecule has 2 heterocycles. The molecule has 2 unspecified atom stereocenters. The highest BCUT2D eigenvalue weighted by molar-refractivity contribution is 5.98. The van der Waals surface area contributed by atoms with Crippen LogP contribution in [-0.2, 0) is 14.3 Å². The molecule has 2 fully saturated rings. The monoisotopic (exact) mass is 459 g/mol. The molecule has 0 saturated carbocycles. The molecule has 32 heavy (non-hydrogen) atoms. The molecular formula is C21H28F3N3O5. The van der Waals surface area contributed by atoms with Crippen molar-refractivity contribution in [2.24, 2.45) is 5.92 Å². The number of carbonyl (C=O) groups excluding carboxylic acids is 3. The lowest BCUT2D eigenvalue weighted by Gasteiger charge is -2.15. The second kappa shape index (κ2) is 10.7. The number of carbonyl (C=O) groups is 3. The first-order valence-corrected chi connectivity index (χ1v) is 10.2. The van der Waals surface area contributed by atoms with Crippen LogP contribution in [0.2, 0.25) is 0 Å². The summed E-state index contributed by atoms with van der Waals surface area (Å²) in [4.78, 5) is 36.1. The van der Waals surface area contributed by atoms with Gasteiger partial charge in [-0.25, -0.2) is 0 Å². The van der Waals surface area contributed by atoms with Crippen LogP contribution in [0.5, 0.6) is 5.75 Å². The molecule has 178 valence electrons. The standard InChI is InChI=1S/C16H18F3N3O3.C5H10O2/c17-16(18,19)25-13-6-2-1-5-12(13)15(24)21-20-14(23)10-8-11-4-3-7-22(11)9-10;1-5(2,3)7-4-6/h1-2,5-6,10-11H,3-4,7-9H2,(H,20,23)(H,21,24);4H,1-3H3. The van der Waals surface area contributed by atoms with E-state index in [4.69, 9.17) is 0 Å². The molecule has 8 nitrogen and oxygen atoms in total. The quantitative estimate of drug-likeness (QED) is 0.531. The molecule has 2 saturated heterocycles. The number of nitrogens with zero attached hydrogens (tertiary/aromatic N) is 1. The number of amides is 2. The Labute approximate surface area is 184 Å². The first-order valence-electron chi connectivity index (χ1n) is 10.2. The first-order chi connectivity index (χ1) is 14.9. The number of ether oxygens (including phenoxy) is 2. The van der Waals surface area contributed by atoms with E-state index in [0.717, 1.165) is 31.9 Å². The second-order valence-electron chi connectivity index (χ2n) is 8.54. The van der Waals surface area contributed by atoms with Crippen molar-refractivity contribution in [3.05, 3.63) is 29.8 Å². The fourth-order valence-corrected chi connectivity index (χ4v) is 3.58. The highest BCUT2D eigenvalue weighted by Crippen LogP contribution is 2.31. The summed E-state index contributed by atoms with van der Waals surface area (Å²) in [6.45, 7) is 7.54. The Bertz CT molecular complexity index is 799.